The molecule has 1 heterocycles. The Kier molecular flexibility index (Phi) is 1.28. The van der Waals surface area contributed by atoms with E-state index in [9.17, 15) is 0 Å². The number of carbonyl (C=O) groups excluding carboxylic acids is 1. The normalized spacial score (nSPS) is 16.0. The van der Waals surface area contributed by atoms with E-state index in [4.69, 9.17) is 0 Å². The van der Waals surface area contributed by atoms with Crippen LogP contribution in [0.2, 0.25) is 0 Å². The van der Waals surface area contributed by atoms with Crippen LogP contribution in [-0.4, -0.2) is 6.47 Å². The summed E-state index contributed by atoms with van der Waals surface area (Å²) in [5, 5.41) is 0. The van der Waals surface area contributed by atoms with Crippen molar-refractivity contribution >= 4 is 6.47 Å². The van der Waals surface area contributed by atoms with Crippen molar-refractivity contribution < 1.29 is 9.16 Å². The summed E-state index contributed by atoms with van der Waals surface area (Å²) in [6.07, 6.45) is 6.54. The Bertz CT molecular complexity index is 108. The van der Waals surface area contributed by atoms with Gasteiger partial charge in [0.25, 0.3) is 0 Å². The molecular weight excluding hydrogens is 92.1 g/mol. The van der Waals surface area contributed by atoms with Crippen molar-refractivity contribution in [3.63, 3.8) is 0 Å². The van der Waals surface area contributed by atoms with Gasteiger partial charge in [-0.2, -0.15) is 0 Å². The topological polar surface area (TPSA) is 20.5 Å². The van der Waals surface area contributed by atoms with E-state index in [1.807, 2.05) is 0 Å². The average Bonchev–Trinajstić information content (AvgIpc) is 1.90. The number of allylic oxidation sites excluding steroid dienone is 2. The van der Waals surface area contributed by atoms with Crippen molar-refractivity contribution in [1.82, 2.24) is 0 Å². The predicted octanol–water partition coefficient (Wildman–Crippen LogP) is 0.736. The highest BCUT2D eigenvalue weighted by atomic mass is 16.6. The molecule has 0 unspecified atom stereocenters. The van der Waals surface area contributed by atoms with Crippen LogP contribution < -0.4 is 0 Å². The molecule has 0 fully saturated rings. The smallest absolute Gasteiger partial charge is 0.288 e. The van der Waals surface area contributed by atoms with Gasteiger partial charge in [0, 0.05) is 12.2 Å². The number of hydrogen-bond acceptors (Lipinski definition) is 1. The molecule has 0 amide bonds. The van der Waals surface area contributed by atoms with Crippen LogP contribution in [0.5, 0.6) is 0 Å². The lowest BCUT2D eigenvalue weighted by Crippen LogP contribution is -1.72. The molecule has 0 radical (unpaired) electrons. The standard InChI is InChI=1S/C5H5O2/c1-2-4-7-5-6-3-1/h1-5H/q+1. The molecular formula is C5H5O2+. The Balaban J connectivity index is 2.60. The second-order valence-corrected chi connectivity index (χ2v) is 1.03. The molecule has 2 nitrogen and oxygen atoms in total. The Hall–Kier alpha value is -1.05. The third-order valence-electron chi connectivity index (χ3n) is 0.536. The highest BCUT2D eigenvalue weighted by Crippen LogP contribution is 1.80. The van der Waals surface area contributed by atoms with Crippen molar-refractivity contribution in [3.05, 3.63) is 24.7 Å². The fourth-order valence-electron chi connectivity index (χ4n) is 0.278. The van der Waals surface area contributed by atoms with Crippen LogP contribution in [0.4, 0.5) is 0 Å². The minimum absolute atomic E-state index is 1.25. The molecule has 0 aromatic rings. The fourth-order valence-corrected chi connectivity index (χ4v) is 0.278. The first-order chi connectivity index (χ1) is 3.50. The first-order valence-electron chi connectivity index (χ1n) is 1.94. The van der Waals surface area contributed by atoms with E-state index >= 15 is 0 Å². The maximum absolute atomic E-state index is 4.60. The number of ether oxygens (including phenoxy) is 1. The van der Waals surface area contributed by atoms with E-state index in [2.05, 4.69) is 9.16 Å². The Labute approximate surface area is 41.4 Å². The molecule has 0 bridgehead atoms. The highest BCUT2D eigenvalue weighted by Gasteiger charge is 1.83. The van der Waals surface area contributed by atoms with Gasteiger partial charge in [0.2, 0.25) is 12.5 Å². The second-order valence-electron chi connectivity index (χ2n) is 1.03. The third kappa shape index (κ3) is 1.22. The van der Waals surface area contributed by atoms with Gasteiger partial charge < -0.3 is 0 Å². The van der Waals surface area contributed by atoms with Gasteiger partial charge in [-0.3, -0.25) is 9.16 Å². The number of cyclic esters (lactones) is 1. The molecule has 0 aromatic carbocycles. The van der Waals surface area contributed by atoms with E-state index < -0.39 is 0 Å². The fraction of sp³-hybridized carbons (Fsp3) is 0. The maximum atomic E-state index is 4.60. The molecule has 1 aliphatic heterocycles. The molecule has 0 N–H and O–H groups in total. The van der Waals surface area contributed by atoms with Gasteiger partial charge >= 0.3 is 6.47 Å². The molecule has 1 rings (SSSR count). The predicted molar refractivity (Wildman–Crippen MR) is 25.4 cm³/mol. The van der Waals surface area contributed by atoms with Gasteiger partial charge in [-0.25, -0.2) is 0 Å². The summed E-state index contributed by atoms with van der Waals surface area (Å²) < 4.78 is 9.21. The monoisotopic (exact) mass is 97.0 g/mol. The molecule has 0 atom stereocenters. The van der Waals surface area contributed by atoms with Crippen LogP contribution in [0.15, 0.2) is 24.7 Å². The van der Waals surface area contributed by atoms with Crippen molar-refractivity contribution in [2.24, 2.45) is 0 Å². The van der Waals surface area contributed by atoms with E-state index in [1.165, 1.54) is 19.0 Å². The molecule has 2 heteroatoms. The third-order valence-corrected chi connectivity index (χ3v) is 0.536. The van der Waals surface area contributed by atoms with Crippen LogP contribution in [0.1, 0.15) is 0 Å². The summed E-state index contributed by atoms with van der Waals surface area (Å²) in [5.41, 5.74) is 0. The van der Waals surface area contributed by atoms with Gasteiger partial charge in [-0.15, -0.1) is 0 Å². The molecule has 0 saturated heterocycles. The van der Waals surface area contributed by atoms with Crippen molar-refractivity contribution in [2.45, 2.75) is 0 Å². The molecule has 0 aromatic heterocycles. The lowest BCUT2D eigenvalue weighted by molar-refractivity contribution is -0.376. The Morgan fingerprint density at radius 1 is 1.29 bits per heavy atom. The molecule has 36 valence electrons. The minimum atomic E-state index is 1.25. The average molecular weight is 97.1 g/mol. The van der Waals surface area contributed by atoms with Gasteiger partial charge in [0.05, 0.1) is 0 Å². The number of rotatable bonds is 0. The van der Waals surface area contributed by atoms with Crippen molar-refractivity contribution in [1.29, 1.82) is 0 Å². The maximum Gasteiger partial charge on any atom is 0.484 e. The number of hydrogen-bond donors (Lipinski definition) is 0. The van der Waals surface area contributed by atoms with Gasteiger partial charge in [0.1, 0.15) is 0 Å². The second kappa shape index (κ2) is 2.18. The Morgan fingerprint density at radius 2 is 2.29 bits per heavy atom. The summed E-state index contributed by atoms with van der Waals surface area (Å²) in [5.74, 6) is 0. The van der Waals surface area contributed by atoms with Gasteiger partial charge in [-0.1, -0.05) is 0 Å². The molecule has 1 aliphatic rings. The summed E-state index contributed by atoms with van der Waals surface area (Å²) in [4.78, 5) is 0. The van der Waals surface area contributed by atoms with Crippen LogP contribution in [0.3, 0.4) is 0 Å². The summed E-state index contributed by atoms with van der Waals surface area (Å²) in [6.45, 7) is 1.25. The molecule has 0 saturated carbocycles. The van der Waals surface area contributed by atoms with Gasteiger partial charge in [-0.05, 0) is 0 Å². The van der Waals surface area contributed by atoms with E-state index in [1.54, 1.807) is 12.2 Å². The molecule has 0 aliphatic carbocycles. The Morgan fingerprint density at radius 3 is 3.29 bits per heavy atom. The van der Waals surface area contributed by atoms with Crippen molar-refractivity contribution in [3.8, 4) is 0 Å². The largest absolute Gasteiger partial charge is 0.484 e. The molecule has 0 spiro atoms. The van der Waals surface area contributed by atoms with Crippen LogP contribution >= 0.6 is 0 Å². The van der Waals surface area contributed by atoms with Gasteiger partial charge in [0.15, 0.2) is 0 Å². The lowest BCUT2D eigenvalue weighted by atomic mass is 10.6. The van der Waals surface area contributed by atoms with E-state index in [0.717, 1.165) is 0 Å². The molecule has 7 heavy (non-hydrogen) atoms. The van der Waals surface area contributed by atoms with Crippen LogP contribution in [0.25, 0.3) is 0 Å². The highest BCUT2D eigenvalue weighted by molar-refractivity contribution is 5.40. The van der Waals surface area contributed by atoms with Crippen molar-refractivity contribution in [2.75, 3.05) is 0 Å². The van der Waals surface area contributed by atoms with Crippen LogP contribution in [-0.2, 0) is 9.16 Å². The van der Waals surface area contributed by atoms with Crippen LogP contribution in [0, 0.1) is 0 Å². The quantitative estimate of drug-likeness (QED) is 0.322. The first kappa shape index (κ1) is 4.12. The lowest BCUT2D eigenvalue weighted by Gasteiger charge is -1.62. The SMILES string of the molecule is C1=COC=[O+]C=C1. The summed E-state index contributed by atoms with van der Waals surface area (Å²) in [6, 6.07) is 0. The first-order valence-corrected chi connectivity index (χ1v) is 1.94. The zero-order valence-electron chi connectivity index (χ0n) is 3.70. The summed E-state index contributed by atoms with van der Waals surface area (Å²) >= 11 is 0. The minimum Gasteiger partial charge on any atom is -0.288 e. The summed E-state index contributed by atoms with van der Waals surface area (Å²) in [7, 11) is 0. The zero-order valence-corrected chi connectivity index (χ0v) is 3.70. The zero-order chi connectivity index (χ0) is 4.95. The van der Waals surface area contributed by atoms with E-state index in [0.29, 0.717) is 0 Å². The van der Waals surface area contributed by atoms with E-state index in [-0.39, 0.29) is 0 Å².